The van der Waals surface area contributed by atoms with E-state index in [9.17, 15) is 8.42 Å². The molecule has 7 heteroatoms. The molecule has 0 unspecified atom stereocenters. The molecule has 2 N–H and O–H groups in total. The molecule has 0 amide bonds. The van der Waals surface area contributed by atoms with Crippen molar-refractivity contribution in [2.45, 2.75) is 18.7 Å². The summed E-state index contributed by atoms with van der Waals surface area (Å²) in [7, 11) is -0.490. The molecule has 0 atom stereocenters. The van der Waals surface area contributed by atoms with E-state index in [4.69, 9.17) is 5.73 Å². The van der Waals surface area contributed by atoms with E-state index in [1.54, 1.807) is 23.0 Å². The Kier molecular flexibility index (Phi) is 3.58. The molecular weight excluding hydrogens is 276 g/mol. The van der Waals surface area contributed by atoms with Crippen LogP contribution in [0, 0.1) is 13.8 Å². The topological polar surface area (TPSA) is 81.2 Å². The quantitative estimate of drug-likeness (QED) is 0.866. The third-order valence-electron chi connectivity index (χ3n) is 3.29. The number of sulfonamides is 1. The van der Waals surface area contributed by atoms with Crippen molar-refractivity contribution in [3.63, 3.8) is 0 Å². The monoisotopic (exact) mass is 294 g/mol. The van der Waals surface area contributed by atoms with E-state index in [2.05, 4.69) is 4.98 Å². The zero-order valence-corrected chi connectivity index (χ0v) is 12.8. The minimum atomic E-state index is -3.49. The van der Waals surface area contributed by atoms with Crippen LogP contribution in [-0.4, -0.2) is 36.4 Å². The molecule has 0 spiro atoms. The van der Waals surface area contributed by atoms with Crippen LogP contribution in [0.2, 0.25) is 0 Å². The Morgan fingerprint density at radius 2 is 1.90 bits per heavy atom. The van der Waals surface area contributed by atoms with Crippen LogP contribution >= 0.6 is 0 Å². The van der Waals surface area contributed by atoms with Gasteiger partial charge in [0.15, 0.2) is 0 Å². The first-order chi connectivity index (χ1) is 9.25. The number of nitrogens with zero attached hydrogens (tertiary/aromatic N) is 3. The maximum absolute atomic E-state index is 12.2. The van der Waals surface area contributed by atoms with Crippen molar-refractivity contribution in [1.29, 1.82) is 0 Å². The van der Waals surface area contributed by atoms with E-state index in [1.165, 1.54) is 24.5 Å². The number of aromatic nitrogens is 2. The average Bonchev–Trinajstić information content (AvgIpc) is 2.70. The van der Waals surface area contributed by atoms with Gasteiger partial charge in [0, 0.05) is 19.8 Å². The Hall–Kier alpha value is -1.86. The average molecular weight is 294 g/mol. The molecule has 0 bridgehead atoms. The summed E-state index contributed by atoms with van der Waals surface area (Å²) in [6, 6.07) is 4.67. The van der Waals surface area contributed by atoms with Crippen LogP contribution in [0.4, 0.5) is 5.69 Å². The Morgan fingerprint density at radius 3 is 2.40 bits per heavy atom. The minimum Gasteiger partial charge on any atom is -0.397 e. The summed E-state index contributed by atoms with van der Waals surface area (Å²) in [5.74, 6) is 0. The molecule has 0 aliphatic heterocycles. The summed E-state index contributed by atoms with van der Waals surface area (Å²) in [5, 5.41) is 0. The van der Waals surface area contributed by atoms with Gasteiger partial charge in [-0.1, -0.05) is 0 Å². The van der Waals surface area contributed by atoms with Crippen LogP contribution in [0.15, 0.2) is 29.4 Å². The molecule has 108 valence electrons. The van der Waals surface area contributed by atoms with Gasteiger partial charge in [-0.25, -0.2) is 17.7 Å². The number of nitrogen functional groups attached to an aromatic ring is 1. The van der Waals surface area contributed by atoms with Crippen molar-refractivity contribution in [3.05, 3.63) is 35.9 Å². The Morgan fingerprint density at radius 1 is 1.25 bits per heavy atom. The number of nitrogens with two attached hydrogens (primary N) is 1. The first kappa shape index (κ1) is 14.5. The second-order valence-electron chi connectivity index (χ2n) is 4.79. The van der Waals surface area contributed by atoms with E-state index in [0.717, 1.165) is 11.4 Å². The third kappa shape index (κ3) is 2.30. The highest BCUT2D eigenvalue weighted by molar-refractivity contribution is 7.89. The molecule has 0 aliphatic carbocycles. The number of rotatable bonds is 3. The zero-order chi connectivity index (χ0) is 15.1. The van der Waals surface area contributed by atoms with Crippen LogP contribution in [0.5, 0.6) is 0 Å². The smallest absolute Gasteiger partial charge is 0.242 e. The van der Waals surface area contributed by atoms with Crippen LogP contribution in [0.3, 0.4) is 0 Å². The summed E-state index contributed by atoms with van der Waals surface area (Å²) >= 11 is 0. The predicted octanol–water partition coefficient (Wildman–Crippen LogP) is 1.32. The number of anilines is 1. The number of imidazole rings is 1. The van der Waals surface area contributed by atoms with E-state index in [1.807, 2.05) is 13.8 Å². The summed E-state index contributed by atoms with van der Waals surface area (Å²) < 4.78 is 27.3. The maximum Gasteiger partial charge on any atom is 0.242 e. The fraction of sp³-hybridized carbons (Fsp3) is 0.308. The number of hydrogen-bond acceptors (Lipinski definition) is 4. The van der Waals surface area contributed by atoms with Gasteiger partial charge in [0.25, 0.3) is 0 Å². The van der Waals surface area contributed by atoms with E-state index in [0.29, 0.717) is 11.4 Å². The lowest BCUT2D eigenvalue weighted by molar-refractivity contribution is 0.520. The lowest BCUT2D eigenvalue weighted by Gasteiger charge is -2.14. The summed E-state index contributed by atoms with van der Waals surface area (Å²) in [6.07, 6.45) is 1.64. The molecular formula is C13H18N4O2S. The highest BCUT2D eigenvalue weighted by Gasteiger charge is 2.19. The SMILES string of the molecule is Cc1ncn(-c2cc(S(=O)(=O)N(C)C)ccc2N)c1C. The summed E-state index contributed by atoms with van der Waals surface area (Å²) in [4.78, 5) is 4.41. The highest BCUT2D eigenvalue weighted by atomic mass is 32.2. The van der Waals surface area contributed by atoms with Crippen molar-refractivity contribution in [1.82, 2.24) is 13.9 Å². The van der Waals surface area contributed by atoms with Gasteiger partial charge >= 0.3 is 0 Å². The molecule has 0 radical (unpaired) electrons. The van der Waals surface area contributed by atoms with Gasteiger partial charge in [0.05, 0.1) is 28.3 Å². The van der Waals surface area contributed by atoms with Crippen molar-refractivity contribution in [3.8, 4) is 5.69 Å². The Labute approximate surface area is 118 Å². The van der Waals surface area contributed by atoms with Gasteiger partial charge in [-0.05, 0) is 32.0 Å². The first-order valence-electron chi connectivity index (χ1n) is 6.08. The lowest BCUT2D eigenvalue weighted by atomic mass is 10.2. The van der Waals surface area contributed by atoms with Crippen LogP contribution < -0.4 is 5.73 Å². The molecule has 1 aromatic carbocycles. The standard InChI is InChI=1S/C13H18N4O2S/c1-9-10(2)17(8-15-9)13-7-11(5-6-12(13)14)20(18,19)16(3)4/h5-8H,14H2,1-4H3. The highest BCUT2D eigenvalue weighted by Crippen LogP contribution is 2.25. The third-order valence-corrected chi connectivity index (χ3v) is 5.10. The normalized spacial score (nSPS) is 12.1. The Bertz CT molecular complexity index is 748. The maximum atomic E-state index is 12.2. The van der Waals surface area contributed by atoms with Gasteiger partial charge in [0.1, 0.15) is 0 Å². The number of hydrogen-bond donors (Lipinski definition) is 1. The lowest BCUT2D eigenvalue weighted by Crippen LogP contribution is -2.22. The second-order valence-corrected chi connectivity index (χ2v) is 6.95. The van der Waals surface area contributed by atoms with Crippen molar-refractivity contribution < 1.29 is 8.42 Å². The fourth-order valence-electron chi connectivity index (χ4n) is 1.84. The molecule has 2 rings (SSSR count). The van der Waals surface area contributed by atoms with Gasteiger partial charge in [-0.3, -0.25) is 0 Å². The molecule has 0 saturated carbocycles. The molecule has 0 fully saturated rings. The molecule has 6 nitrogen and oxygen atoms in total. The van der Waals surface area contributed by atoms with Gasteiger partial charge < -0.3 is 10.3 Å². The molecule has 0 aliphatic rings. The van der Waals surface area contributed by atoms with Gasteiger partial charge in [-0.2, -0.15) is 0 Å². The summed E-state index contributed by atoms with van der Waals surface area (Å²) in [5.41, 5.74) is 8.89. The van der Waals surface area contributed by atoms with Gasteiger partial charge in [-0.15, -0.1) is 0 Å². The van der Waals surface area contributed by atoms with Crippen LogP contribution in [-0.2, 0) is 10.0 Å². The molecule has 0 saturated heterocycles. The van der Waals surface area contributed by atoms with Crippen LogP contribution in [0.1, 0.15) is 11.4 Å². The minimum absolute atomic E-state index is 0.206. The molecule has 2 aromatic rings. The number of benzene rings is 1. The first-order valence-corrected chi connectivity index (χ1v) is 7.52. The van der Waals surface area contributed by atoms with E-state index in [-0.39, 0.29) is 4.90 Å². The molecule has 1 aromatic heterocycles. The predicted molar refractivity (Wildman–Crippen MR) is 78.3 cm³/mol. The van der Waals surface area contributed by atoms with Crippen molar-refractivity contribution in [2.24, 2.45) is 0 Å². The zero-order valence-electron chi connectivity index (χ0n) is 12.0. The van der Waals surface area contributed by atoms with Crippen LogP contribution in [0.25, 0.3) is 5.69 Å². The fourth-order valence-corrected chi connectivity index (χ4v) is 2.77. The second kappa shape index (κ2) is 4.92. The van der Waals surface area contributed by atoms with Crippen molar-refractivity contribution >= 4 is 15.7 Å². The molecule has 20 heavy (non-hydrogen) atoms. The van der Waals surface area contributed by atoms with Gasteiger partial charge in [0.2, 0.25) is 10.0 Å². The largest absolute Gasteiger partial charge is 0.397 e. The van der Waals surface area contributed by atoms with E-state index >= 15 is 0 Å². The van der Waals surface area contributed by atoms with E-state index < -0.39 is 10.0 Å². The molecule has 1 heterocycles. The van der Waals surface area contributed by atoms with Crippen molar-refractivity contribution in [2.75, 3.05) is 19.8 Å². The Balaban J connectivity index is 2.65. The number of aryl methyl sites for hydroxylation is 1. The summed E-state index contributed by atoms with van der Waals surface area (Å²) in [6.45, 7) is 3.80.